The lowest BCUT2D eigenvalue weighted by molar-refractivity contribution is -0.141. The molecule has 1 aromatic rings. The van der Waals surface area contributed by atoms with E-state index in [1.54, 1.807) is 24.3 Å². The van der Waals surface area contributed by atoms with Crippen LogP contribution in [0.15, 0.2) is 30.3 Å². The number of carboxylic acid groups (broad SMARTS) is 2. The molecular weight excluding hydrogens is 410 g/mol. The van der Waals surface area contributed by atoms with Gasteiger partial charge in [-0.2, -0.15) is 0 Å². The molecule has 0 saturated carbocycles. The molecule has 0 aliphatic carbocycles. The van der Waals surface area contributed by atoms with Gasteiger partial charge >= 0.3 is 18.0 Å². The number of hydrogen-bond donors (Lipinski definition) is 5. The highest BCUT2D eigenvalue weighted by molar-refractivity contribution is 8.76. The highest BCUT2D eigenvalue weighted by Crippen LogP contribution is 2.22. The average molecular weight is 431 g/mol. The first-order valence-electron chi connectivity index (χ1n) is 7.99. The quantitative estimate of drug-likeness (QED) is 0.229. The van der Waals surface area contributed by atoms with Crippen LogP contribution in [-0.2, 0) is 25.7 Å². The van der Waals surface area contributed by atoms with Gasteiger partial charge in [-0.1, -0.05) is 51.9 Å². The van der Waals surface area contributed by atoms with Gasteiger partial charge in [-0.15, -0.1) is 0 Å². The minimum Gasteiger partial charge on any atom is -0.480 e. The number of aliphatic carboxylic acids is 2. The van der Waals surface area contributed by atoms with Gasteiger partial charge in [-0.3, -0.25) is 9.59 Å². The van der Waals surface area contributed by atoms with Crippen LogP contribution in [0.5, 0.6) is 0 Å². The molecule has 0 fully saturated rings. The number of ether oxygens (including phenoxy) is 1. The van der Waals surface area contributed by atoms with Gasteiger partial charge in [0.1, 0.15) is 25.2 Å². The first kappa shape index (κ1) is 23.6. The fraction of sp³-hybridized carbons (Fsp3) is 0.375. The van der Waals surface area contributed by atoms with Crippen LogP contribution >= 0.6 is 21.6 Å². The number of alkyl carbamates (subject to hydrolysis) is 1. The third kappa shape index (κ3) is 10.0. The van der Waals surface area contributed by atoms with Crippen molar-refractivity contribution < 1.29 is 34.1 Å². The zero-order valence-corrected chi connectivity index (χ0v) is 16.3. The molecule has 154 valence electrons. The summed E-state index contributed by atoms with van der Waals surface area (Å²) in [7, 11) is 2.16. The standard InChI is InChI=1S/C16H21N3O7S2/c17-11(14(21)22)8-27-28-9-12(15(23)24)19-13(20)6-18-16(25)26-7-10-4-2-1-3-5-10/h1-5,11-12H,6-9,17H2,(H,18,25)(H,19,20)(H,21,22)(H,23,24)/t11-,12-/m0/s1. The molecular formula is C16H21N3O7S2. The molecule has 28 heavy (non-hydrogen) atoms. The summed E-state index contributed by atoms with van der Waals surface area (Å²) in [5.41, 5.74) is 6.11. The van der Waals surface area contributed by atoms with Crippen LogP contribution in [0, 0.1) is 0 Å². The van der Waals surface area contributed by atoms with E-state index in [1.807, 2.05) is 6.07 Å². The molecule has 2 atom stereocenters. The lowest BCUT2D eigenvalue weighted by Gasteiger charge is -2.14. The van der Waals surface area contributed by atoms with Crippen molar-refractivity contribution in [2.24, 2.45) is 5.73 Å². The number of rotatable bonds is 12. The third-order valence-corrected chi connectivity index (χ3v) is 5.57. The van der Waals surface area contributed by atoms with E-state index in [9.17, 15) is 19.2 Å². The van der Waals surface area contributed by atoms with E-state index in [-0.39, 0.29) is 18.1 Å². The lowest BCUT2D eigenvalue weighted by atomic mass is 10.2. The van der Waals surface area contributed by atoms with E-state index in [4.69, 9.17) is 20.7 Å². The molecule has 0 heterocycles. The molecule has 12 heteroatoms. The maximum atomic E-state index is 11.8. The summed E-state index contributed by atoms with van der Waals surface area (Å²) in [6.07, 6.45) is -0.807. The monoisotopic (exact) mass is 431 g/mol. The van der Waals surface area contributed by atoms with Crippen LogP contribution in [0.4, 0.5) is 4.79 Å². The molecule has 0 saturated heterocycles. The lowest BCUT2D eigenvalue weighted by Crippen LogP contribution is -2.46. The highest BCUT2D eigenvalue weighted by atomic mass is 33.1. The Hall–Kier alpha value is -2.44. The van der Waals surface area contributed by atoms with Crippen LogP contribution in [0.1, 0.15) is 5.56 Å². The smallest absolute Gasteiger partial charge is 0.407 e. The predicted molar refractivity (Wildman–Crippen MR) is 105 cm³/mol. The predicted octanol–water partition coefficient (Wildman–Crippen LogP) is 0.276. The van der Waals surface area contributed by atoms with E-state index in [0.29, 0.717) is 0 Å². The fourth-order valence-corrected chi connectivity index (χ4v) is 3.92. The van der Waals surface area contributed by atoms with Gasteiger partial charge in [-0.05, 0) is 5.56 Å². The zero-order valence-electron chi connectivity index (χ0n) is 14.7. The molecule has 0 bridgehead atoms. The van der Waals surface area contributed by atoms with Gasteiger partial charge in [0, 0.05) is 11.5 Å². The minimum absolute atomic E-state index is 0.00344. The van der Waals surface area contributed by atoms with Gasteiger partial charge in [-0.25, -0.2) is 9.59 Å². The first-order chi connectivity index (χ1) is 13.3. The second kappa shape index (κ2) is 12.9. The summed E-state index contributed by atoms with van der Waals surface area (Å²) >= 11 is 0. The van der Waals surface area contributed by atoms with Crippen molar-refractivity contribution in [3.05, 3.63) is 35.9 Å². The second-order valence-corrected chi connectivity index (χ2v) is 7.94. The Kier molecular flexibility index (Phi) is 10.8. The van der Waals surface area contributed by atoms with Gasteiger partial charge < -0.3 is 31.3 Å². The van der Waals surface area contributed by atoms with Gasteiger partial charge in [0.2, 0.25) is 5.91 Å². The summed E-state index contributed by atoms with van der Waals surface area (Å²) < 4.78 is 4.94. The summed E-state index contributed by atoms with van der Waals surface area (Å²) in [6.45, 7) is -0.405. The van der Waals surface area contributed by atoms with Crippen molar-refractivity contribution in [2.75, 3.05) is 18.1 Å². The van der Waals surface area contributed by atoms with Crippen molar-refractivity contribution in [1.29, 1.82) is 0 Å². The maximum absolute atomic E-state index is 11.8. The summed E-state index contributed by atoms with van der Waals surface area (Å²) in [4.78, 5) is 45.2. The van der Waals surface area contributed by atoms with Gasteiger partial charge in [0.15, 0.2) is 0 Å². The van der Waals surface area contributed by atoms with Crippen LogP contribution in [-0.4, -0.2) is 64.3 Å². The van der Waals surface area contributed by atoms with E-state index < -0.39 is 42.6 Å². The SMILES string of the molecule is N[C@@H](CSSC[C@H](NC(=O)CNC(=O)OCc1ccccc1)C(=O)O)C(=O)O. The molecule has 1 rings (SSSR count). The van der Waals surface area contributed by atoms with E-state index in [0.717, 1.165) is 27.2 Å². The molecule has 0 unspecified atom stereocenters. The van der Waals surface area contributed by atoms with Crippen molar-refractivity contribution in [3.63, 3.8) is 0 Å². The van der Waals surface area contributed by atoms with Gasteiger partial charge in [0.05, 0.1) is 0 Å². The minimum atomic E-state index is -1.25. The topological polar surface area (TPSA) is 168 Å². The first-order valence-corrected chi connectivity index (χ1v) is 10.5. The molecule has 6 N–H and O–H groups in total. The van der Waals surface area contributed by atoms with Crippen molar-refractivity contribution in [3.8, 4) is 0 Å². The molecule has 0 aliphatic rings. The number of nitrogens with two attached hydrogens (primary N) is 1. The number of hydrogen-bond acceptors (Lipinski definition) is 8. The Morgan fingerprint density at radius 2 is 1.68 bits per heavy atom. The molecule has 0 aliphatic heterocycles. The summed E-state index contributed by atoms with van der Waals surface area (Å²) in [6, 6.07) is 6.70. The molecule has 10 nitrogen and oxygen atoms in total. The molecule has 2 amide bonds. The van der Waals surface area contributed by atoms with Crippen LogP contribution < -0.4 is 16.4 Å². The Balaban J connectivity index is 2.28. The number of carbonyl (C=O) groups is 4. The fourth-order valence-electron chi connectivity index (χ4n) is 1.66. The Morgan fingerprint density at radius 1 is 1.04 bits per heavy atom. The Bertz CT molecular complexity index is 675. The van der Waals surface area contributed by atoms with Crippen molar-refractivity contribution in [2.45, 2.75) is 18.7 Å². The van der Waals surface area contributed by atoms with Crippen LogP contribution in [0.3, 0.4) is 0 Å². The number of carbonyl (C=O) groups excluding carboxylic acids is 2. The van der Waals surface area contributed by atoms with Crippen LogP contribution in [0.2, 0.25) is 0 Å². The number of amides is 2. The highest BCUT2D eigenvalue weighted by Gasteiger charge is 2.21. The molecule has 0 radical (unpaired) electrons. The van der Waals surface area contributed by atoms with Crippen molar-refractivity contribution >= 4 is 45.5 Å². The van der Waals surface area contributed by atoms with E-state index in [2.05, 4.69) is 10.6 Å². The summed E-state index contributed by atoms with van der Waals surface area (Å²) in [5, 5.41) is 22.3. The Labute approximate surface area is 169 Å². The third-order valence-electron chi connectivity index (χ3n) is 3.12. The van der Waals surface area contributed by atoms with E-state index >= 15 is 0 Å². The average Bonchev–Trinajstić information content (AvgIpc) is 2.67. The number of nitrogens with one attached hydrogen (secondary N) is 2. The molecule has 0 aromatic heterocycles. The van der Waals surface area contributed by atoms with Crippen LogP contribution in [0.25, 0.3) is 0 Å². The van der Waals surface area contributed by atoms with Crippen molar-refractivity contribution in [1.82, 2.24) is 10.6 Å². The molecule has 0 spiro atoms. The number of carboxylic acids is 2. The molecule has 1 aromatic carbocycles. The largest absolute Gasteiger partial charge is 0.480 e. The second-order valence-electron chi connectivity index (χ2n) is 5.39. The summed E-state index contributed by atoms with van der Waals surface area (Å²) in [5.74, 6) is -3.01. The zero-order chi connectivity index (χ0) is 20.9. The van der Waals surface area contributed by atoms with Gasteiger partial charge in [0.25, 0.3) is 0 Å². The van der Waals surface area contributed by atoms with E-state index in [1.165, 1.54) is 0 Å². The normalized spacial score (nSPS) is 12.5. The number of benzene rings is 1. The maximum Gasteiger partial charge on any atom is 0.407 e. The Morgan fingerprint density at radius 3 is 2.29 bits per heavy atom.